The number of carbonyl (C=O) groups is 2. The smallest absolute Gasteiger partial charge is 0.317 e. The van der Waals surface area contributed by atoms with Crippen molar-refractivity contribution in [1.29, 1.82) is 0 Å². The average molecular weight is 271 g/mol. The standard InChI is InChI=1S/C13H25N3O3/c1-10(2)9-15-4-6-16(7-5-15)13(19)14-8-11(3)12(17)18/h10-11H,4-9H2,1-3H3,(H,14,19)(H,17,18). The van der Waals surface area contributed by atoms with Crippen LogP contribution in [0.1, 0.15) is 20.8 Å². The molecular formula is C13H25N3O3. The molecule has 0 aromatic carbocycles. The monoisotopic (exact) mass is 271 g/mol. The zero-order chi connectivity index (χ0) is 14.4. The zero-order valence-corrected chi connectivity index (χ0v) is 12.1. The maximum Gasteiger partial charge on any atom is 0.317 e. The largest absolute Gasteiger partial charge is 0.481 e. The molecule has 1 aliphatic rings. The van der Waals surface area contributed by atoms with Gasteiger partial charge in [0, 0.05) is 39.3 Å². The molecule has 0 saturated carbocycles. The molecule has 6 nitrogen and oxygen atoms in total. The van der Waals surface area contributed by atoms with Crippen LogP contribution in [0.3, 0.4) is 0 Å². The molecule has 1 fully saturated rings. The van der Waals surface area contributed by atoms with E-state index < -0.39 is 11.9 Å². The van der Waals surface area contributed by atoms with E-state index >= 15 is 0 Å². The summed E-state index contributed by atoms with van der Waals surface area (Å²) in [6, 6.07) is -0.155. The van der Waals surface area contributed by atoms with E-state index in [1.807, 2.05) is 0 Å². The fraction of sp³-hybridized carbons (Fsp3) is 0.846. The van der Waals surface area contributed by atoms with Gasteiger partial charge in [0.2, 0.25) is 0 Å². The maximum atomic E-state index is 11.9. The molecule has 2 amide bonds. The fourth-order valence-electron chi connectivity index (χ4n) is 2.09. The minimum atomic E-state index is -0.887. The fourth-order valence-corrected chi connectivity index (χ4v) is 2.09. The number of amides is 2. The normalized spacial score (nSPS) is 18.4. The van der Waals surface area contributed by atoms with E-state index in [2.05, 4.69) is 24.1 Å². The number of nitrogens with one attached hydrogen (secondary N) is 1. The first-order valence-corrected chi connectivity index (χ1v) is 6.88. The van der Waals surface area contributed by atoms with Crippen molar-refractivity contribution >= 4 is 12.0 Å². The van der Waals surface area contributed by atoms with Crippen LogP contribution in [0.25, 0.3) is 0 Å². The Hall–Kier alpha value is -1.30. The van der Waals surface area contributed by atoms with Crippen LogP contribution in [-0.2, 0) is 4.79 Å². The molecule has 0 aromatic heterocycles. The number of carboxylic acids is 1. The van der Waals surface area contributed by atoms with Crippen LogP contribution in [0.5, 0.6) is 0 Å². The number of carboxylic acid groups (broad SMARTS) is 1. The van der Waals surface area contributed by atoms with Gasteiger partial charge in [-0.3, -0.25) is 9.69 Å². The number of aliphatic carboxylic acids is 1. The van der Waals surface area contributed by atoms with Crippen molar-refractivity contribution in [1.82, 2.24) is 15.1 Å². The number of nitrogens with zero attached hydrogens (tertiary/aromatic N) is 2. The number of hydrogen-bond acceptors (Lipinski definition) is 3. The lowest BCUT2D eigenvalue weighted by Crippen LogP contribution is -2.52. The number of rotatable bonds is 5. The van der Waals surface area contributed by atoms with Crippen LogP contribution in [0, 0.1) is 11.8 Å². The zero-order valence-electron chi connectivity index (χ0n) is 12.1. The SMILES string of the molecule is CC(C)CN1CCN(C(=O)NCC(C)C(=O)O)CC1. The lowest BCUT2D eigenvalue weighted by molar-refractivity contribution is -0.140. The molecule has 1 atom stereocenters. The molecule has 2 N–H and O–H groups in total. The summed E-state index contributed by atoms with van der Waals surface area (Å²) in [5.74, 6) is -0.801. The number of piperazine rings is 1. The van der Waals surface area contributed by atoms with Crippen LogP contribution < -0.4 is 5.32 Å². The Morgan fingerprint density at radius 3 is 2.21 bits per heavy atom. The van der Waals surface area contributed by atoms with E-state index in [0.717, 1.165) is 19.6 Å². The summed E-state index contributed by atoms with van der Waals surface area (Å²) in [5.41, 5.74) is 0. The third kappa shape index (κ3) is 5.46. The molecule has 0 radical (unpaired) electrons. The minimum absolute atomic E-state index is 0.155. The molecule has 1 unspecified atom stereocenters. The Bertz CT molecular complexity index is 312. The summed E-state index contributed by atoms with van der Waals surface area (Å²) in [7, 11) is 0. The maximum absolute atomic E-state index is 11.9. The summed E-state index contributed by atoms with van der Waals surface area (Å²) in [6.45, 7) is 10.4. The summed E-state index contributed by atoms with van der Waals surface area (Å²) >= 11 is 0. The minimum Gasteiger partial charge on any atom is -0.481 e. The van der Waals surface area contributed by atoms with Gasteiger partial charge in [-0.15, -0.1) is 0 Å². The highest BCUT2D eigenvalue weighted by Gasteiger charge is 2.22. The highest BCUT2D eigenvalue weighted by Crippen LogP contribution is 2.05. The van der Waals surface area contributed by atoms with Crippen molar-refractivity contribution in [2.75, 3.05) is 39.3 Å². The predicted octanol–water partition coefficient (Wildman–Crippen LogP) is 0.690. The number of hydrogen-bond donors (Lipinski definition) is 2. The van der Waals surface area contributed by atoms with E-state index in [9.17, 15) is 9.59 Å². The van der Waals surface area contributed by atoms with Crippen molar-refractivity contribution in [2.24, 2.45) is 11.8 Å². The number of urea groups is 1. The predicted molar refractivity (Wildman–Crippen MR) is 73.0 cm³/mol. The van der Waals surface area contributed by atoms with Gasteiger partial charge in [0.05, 0.1) is 5.92 Å². The highest BCUT2D eigenvalue weighted by atomic mass is 16.4. The van der Waals surface area contributed by atoms with Crippen LogP contribution in [0.15, 0.2) is 0 Å². The molecule has 0 aliphatic carbocycles. The van der Waals surface area contributed by atoms with Gasteiger partial charge in [0.1, 0.15) is 0 Å². The Morgan fingerprint density at radius 1 is 1.16 bits per heavy atom. The average Bonchev–Trinajstić information content (AvgIpc) is 2.35. The number of carbonyl (C=O) groups excluding carboxylic acids is 1. The Labute approximate surface area is 114 Å². The molecule has 110 valence electrons. The van der Waals surface area contributed by atoms with E-state index in [0.29, 0.717) is 19.0 Å². The second-order valence-corrected chi connectivity index (χ2v) is 5.61. The van der Waals surface area contributed by atoms with Gasteiger partial charge in [0.15, 0.2) is 0 Å². The third-order valence-corrected chi connectivity index (χ3v) is 3.26. The molecule has 0 aromatic rings. The van der Waals surface area contributed by atoms with Gasteiger partial charge in [-0.25, -0.2) is 4.79 Å². The van der Waals surface area contributed by atoms with Gasteiger partial charge in [-0.1, -0.05) is 20.8 Å². The Balaban J connectivity index is 2.27. The van der Waals surface area contributed by atoms with Crippen LogP contribution in [0.2, 0.25) is 0 Å². The van der Waals surface area contributed by atoms with Crippen molar-refractivity contribution in [2.45, 2.75) is 20.8 Å². The molecule has 19 heavy (non-hydrogen) atoms. The topological polar surface area (TPSA) is 72.9 Å². The van der Waals surface area contributed by atoms with E-state index in [1.165, 1.54) is 0 Å². The van der Waals surface area contributed by atoms with E-state index in [-0.39, 0.29) is 12.6 Å². The van der Waals surface area contributed by atoms with E-state index in [4.69, 9.17) is 5.11 Å². The van der Waals surface area contributed by atoms with Gasteiger partial charge in [-0.2, -0.15) is 0 Å². The molecule has 0 spiro atoms. The summed E-state index contributed by atoms with van der Waals surface area (Å²) in [5, 5.41) is 11.4. The Morgan fingerprint density at radius 2 is 1.74 bits per heavy atom. The molecule has 1 saturated heterocycles. The third-order valence-electron chi connectivity index (χ3n) is 3.26. The van der Waals surface area contributed by atoms with Crippen LogP contribution in [0.4, 0.5) is 4.79 Å². The molecular weight excluding hydrogens is 246 g/mol. The molecule has 6 heteroatoms. The van der Waals surface area contributed by atoms with Gasteiger partial charge in [-0.05, 0) is 5.92 Å². The first kappa shape index (κ1) is 15.8. The molecule has 1 rings (SSSR count). The van der Waals surface area contributed by atoms with Crippen molar-refractivity contribution < 1.29 is 14.7 Å². The highest BCUT2D eigenvalue weighted by molar-refractivity contribution is 5.76. The van der Waals surface area contributed by atoms with Crippen LogP contribution >= 0.6 is 0 Å². The van der Waals surface area contributed by atoms with Gasteiger partial charge >= 0.3 is 12.0 Å². The summed E-state index contributed by atoms with van der Waals surface area (Å²) < 4.78 is 0. The summed E-state index contributed by atoms with van der Waals surface area (Å²) in [4.78, 5) is 26.6. The quantitative estimate of drug-likeness (QED) is 0.771. The lowest BCUT2D eigenvalue weighted by atomic mass is 10.2. The van der Waals surface area contributed by atoms with Gasteiger partial charge in [0.25, 0.3) is 0 Å². The first-order valence-electron chi connectivity index (χ1n) is 6.88. The Kier molecular flexibility index (Phi) is 6.08. The molecule has 0 bridgehead atoms. The van der Waals surface area contributed by atoms with Crippen molar-refractivity contribution in [3.8, 4) is 0 Å². The first-order chi connectivity index (χ1) is 8.90. The summed E-state index contributed by atoms with van der Waals surface area (Å²) in [6.07, 6.45) is 0. The van der Waals surface area contributed by atoms with E-state index in [1.54, 1.807) is 11.8 Å². The van der Waals surface area contributed by atoms with Crippen molar-refractivity contribution in [3.05, 3.63) is 0 Å². The van der Waals surface area contributed by atoms with Crippen molar-refractivity contribution in [3.63, 3.8) is 0 Å². The van der Waals surface area contributed by atoms with Crippen LogP contribution in [-0.4, -0.2) is 66.2 Å². The second-order valence-electron chi connectivity index (χ2n) is 5.61. The molecule has 1 aliphatic heterocycles. The van der Waals surface area contributed by atoms with Gasteiger partial charge < -0.3 is 15.3 Å². The lowest BCUT2D eigenvalue weighted by Gasteiger charge is -2.35. The molecule has 1 heterocycles. The second kappa shape index (κ2) is 7.33.